The number of anilines is 1. The van der Waals surface area contributed by atoms with Gasteiger partial charge in [-0.15, -0.1) is 0 Å². The number of nitrogen functional groups attached to an aromatic ring is 1. The van der Waals surface area contributed by atoms with Crippen molar-refractivity contribution in [2.45, 2.75) is 17.2 Å². The van der Waals surface area contributed by atoms with E-state index in [9.17, 15) is 8.42 Å². The van der Waals surface area contributed by atoms with Gasteiger partial charge in [-0.25, -0.2) is 8.42 Å². The van der Waals surface area contributed by atoms with E-state index < -0.39 is 10.0 Å². The number of sulfonamides is 1. The van der Waals surface area contributed by atoms with Crippen molar-refractivity contribution >= 4 is 15.7 Å². The van der Waals surface area contributed by atoms with E-state index in [0.29, 0.717) is 18.8 Å². The fourth-order valence-corrected chi connectivity index (χ4v) is 4.41. The van der Waals surface area contributed by atoms with Gasteiger partial charge in [0.2, 0.25) is 10.0 Å². The third-order valence-corrected chi connectivity index (χ3v) is 5.90. The molecule has 2 N–H and O–H groups in total. The Labute approximate surface area is 125 Å². The molecule has 0 saturated carbocycles. The summed E-state index contributed by atoms with van der Waals surface area (Å²) < 4.78 is 26.9. The second kappa shape index (κ2) is 5.50. The van der Waals surface area contributed by atoms with Crippen molar-refractivity contribution < 1.29 is 8.42 Å². The smallest absolute Gasteiger partial charge is 0.245 e. The Hall–Kier alpha value is -1.85. The van der Waals surface area contributed by atoms with Crippen LogP contribution in [0, 0.1) is 0 Å². The van der Waals surface area contributed by atoms with Gasteiger partial charge in [-0.3, -0.25) is 0 Å². The maximum atomic E-state index is 12.7. The van der Waals surface area contributed by atoms with E-state index >= 15 is 0 Å². The first kappa shape index (κ1) is 14.1. The van der Waals surface area contributed by atoms with E-state index in [1.165, 1.54) is 9.87 Å². The highest BCUT2D eigenvalue weighted by Gasteiger charge is 2.33. The zero-order valence-electron chi connectivity index (χ0n) is 11.6. The van der Waals surface area contributed by atoms with Crippen molar-refractivity contribution in [3.8, 4) is 0 Å². The van der Waals surface area contributed by atoms with Gasteiger partial charge in [0.1, 0.15) is 4.90 Å². The van der Waals surface area contributed by atoms with Crippen molar-refractivity contribution in [2.75, 3.05) is 18.8 Å². The Morgan fingerprint density at radius 3 is 2.38 bits per heavy atom. The lowest BCUT2D eigenvalue weighted by Gasteiger charge is -2.18. The summed E-state index contributed by atoms with van der Waals surface area (Å²) in [6, 6.07) is 16.7. The van der Waals surface area contributed by atoms with Gasteiger partial charge in [-0.2, -0.15) is 4.31 Å². The Balaban J connectivity index is 1.85. The number of para-hydroxylation sites is 1. The molecule has 1 heterocycles. The summed E-state index contributed by atoms with van der Waals surface area (Å²) in [6.07, 6.45) is 0.843. The zero-order valence-corrected chi connectivity index (χ0v) is 12.5. The normalized spacial score (nSPS) is 19.7. The van der Waals surface area contributed by atoms with Crippen LogP contribution in [0.3, 0.4) is 0 Å². The Morgan fingerprint density at radius 1 is 1.00 bits per heavy atom. The van der Waals surface area contributed by atoms with Crippen LogP contribution in [-0.4, -0.2) is 25.8 Å². The number of nitrogens with zero attached hydrogens (tertiary/aromatic N) is 1. The SMILES string of the molecule is Nc1ccccc1S(=O)(=O)N1CCC(c2ccccc2)C1. The quantitative estimate of drug-likeness (QED) is 0.886. The van der Waals surface area contributed by atoms with Gasteiger partial charge in [0.25, 0.3) is 0 Å². The molecule has 0 bridgehead atoms. The summed E-state index contributed by atoms with van der Waals surface area (Å²) in [7, 11) is -3.50. The Morgan fingerprint density at radius 2 is 1.67 bits per heavy atom. The molecule has 5 heteroatoms. The van der Waals surface area contributed by atoms with Crippen molar-refractivity contribution in [1.29, 1.82) is 0 Å². The molecule has 2 aromatic rings. The van der Waals surface area contributed by atoms with Crippen molar-refractivity contribution in [3.63, 3.8) is 0 Å². The fourth-order valence-electron chi connectivity index (χ4n) is 2.80. The van der Waals surface area contributed by atoms with Crippen LogP contribution in [-0.2, 0) is 10.0 Å². The molecule has 3 rings (SSSR count). The highest BCUT2D eigenvalue weighted by Crippen LogP contribution is 2.32. The van der Waals surface area contributed by atoms with Gasteiger partial charge in [0.15, 0.2) is 0 Å². The molecule has 4 nitrogen and oxygen atoms in total. The van der Waals surface area contributed by atoms with Gasteiger partial charge < -0.3 is 5.73 Å². The number of rotatable bonds is 3. The van der Waals surface area contributed by atoms with Crippen LogP contribution in [0.2, 0.25) is 0 Å². The molecule has 1 aliphatic rings. The van der Waals surface area contributed by atoms with E-state index in [1.807, 2.05) is 18.2 Å². The molecular weight excluding hydrogens is 284 g/mol. The molecule has 1 unspecified atom stereocenters. The van der Waals surface area contributed by atoms with Crippen molar-refractivity contribution in [3.05, 3.63) is 60.2 Å². The number of hydrogen-bond donors (Lipinski definition) is 1. The monoisotopic (exact) mass is 302 g/mol. The third kappa shape index (κ3) is 2.66. The zero-order chi connectivity index (χ0) is 14.9. The van der Waals surface area contributed by atoms with Gasteiger partial charge in [0.05, 0.1) is 5.69 Å². The average molecular weight is 302 g/mol. The van der Waals surface area contributed by atoms with Crippen LogP contribution in [0.25, 0.3) is 0 Å². The van der Waals surface area contributed by atoms with E-state index in [2.05, 4.69) is 12.1 Å². The first-order chi connectivity index (χ1) is 10.1. The standard InChI is InChI=1S/C16H18N2O2S/c17-15-8-4-5-9-16(15)21(19,20)18-11-10-14(12-18)13-6-2-1-3-7-13/h1-9,14H,10-12,17H2. The first-order valence-electron chi connectivity index (χ1n) is 6.98. The highest BCUT2D eigenvalue weighted by atomic mass is 32.2. The molecule has 110 valence electrons. The molecule has 1 aliphatic heterocycles. The molecule has 0 radical (unpaired) electrons. The minimum absolute atomic E-state index is 0.207. The van der Waals surface area contributed by atoms with Crippen LogP contribution in [0.5, 0.6) is 0 Å². The summed E-state index contributed by atoms with van der Waals surface area (Å²) in [5.41, 5.74) is 7.31. The summed E-state index contributed by atoms with van der Waals surface area (Å²) in [4.78, 5) is 0.207. The second-order valence-corrected chi connectivity index (χ2v) is 7.20. The average Bonchev–Trinajstić information content (AvgIpc) is 2.99. The third-order valence-electron chi connectivity index (χ3n) is 3.96. The molecular formula is C16H18N2O2S. The number of nitrogens with two attached hydrogens (primary N) is 1. The molecule has 1 saturated heterocycles. The molecule has 1 fully saturated rings. The minimum atomic E-state index is -3.50. The number of benzene rings is 2. The molecule has 0 spiro atoms. The molecule has 21 heavy (non-hydrogen) atoms. The molecule has 1 atom stereocenters. The van der Waals surface area contributed by atoms with E-state index in [4.69, 9.17) is 5.73 Å². The van der Waals surface area contributed by atoms with Gasteiger partial charge >= 0.3 is 0 Å². The largest absolute Gasteiger partial charge is 0.398 e. The van der Waals surface area contributed by atoms with Crippen LogP contribution < -0.4 is 5.73 Å². The predicted octanol–water partition coefficient (Wildman–Crippen LogP) is 2.45. The van der Waals surface area contributed by atoms with Crippen LogP contribution >= 0.6 is 0 Å². The first-order valence-corrected chi connectivity index (χ1v) is 8.42. The van der Waals surface area contributed by atoms with Crippen LogP contribution in [0.1, 0.15) is 17.9 Å². The highest BCUT2D eigenvalue weighted by molar-refractivity contribution is 7.89. The van der Waals surface area contributed by atoms with Crippen molar-refractivity contribution in [1.82, 2.24) is 4.31 Å². The predicted molar refractivity (Wildman–Crippen MR) is 83.4 cm³/mol. The fraction of sp³-hybridized carbons (Fsp3) is 0.250. The van der Waals surface area contributed by atoms with Gasteiger partial charge in [-0.05, 0) is 30.0 Å². The maximum Gasteiger partial charge on any atom is 0.245 e. The summed E-state index contributed by atoms with van der Waals surface area (Å²) in [5, 5.41) is 0. The van der Waals surface area contributed by atoms with E-state index in [1.54, 1.807) is 24.3 Å². The minimum Gasteiger partial charge on any atom is -0.398 e. The summed E-state index contributed by atoms with van der Waals surface area (Å²) in [6.45, 7) is 1.05. The molecule has 0 aliphatic carbocycles. The van der Waals surface area contributed by atoms with Crippen LogP contribution in [0.15, 0.2) is 59.5 Å². The van der Waals surface area contributed by atoms with Crippen LogP contribution in [0.4, 0.5) is 5.69 Å². The lowest BCUT2D eigenvalue weighted by molar-refractivity contribution is 0.473. The summed E-state index contributed by atoms with van der Waals surface area (Å²) in [5.74, 6) is 0.255. The topological polar surface area (TPSA) is 63.4 Å². The lowest BCUT2D eigenvalue weighted by Crippen LogP contribution is -2.29. The van der Waals surface area contributed by atoms with Gasteiger partial charge in [0, 0.05) is 13.1 Å². The maximum absolute atomic E-state index is 12.7. The van der Waals surface area contributed by atoms with Crippen molar-refractivity contribution in [2.24, 2.45) is 0 Å². The molecule has 0 amide bonds. The Kier molecular flexibility index (Phi) is 3.69. The lowest BCUT2D eigenvalue weighted by atomic mass is 9.99. The number of hydrogen-bond acceptors (Lipinski definition) is 3. The second-order valence-electron chi connectivity index (χ2n) is 5.30. The molecule has 0 aromatic heterocycles. The Bertz CT molecular complexity index is 729. The van der Waals surface area contributed by atoms with Gasteiger partial charge in [-0.1, -0.05) is 42.5 Å². The summed E-state index contributed by atoms with van der Waals surface area (Å²) >= 11 is 0. The molecule has 2 aromatic carbocycles. The van der Waals surface area contributed by atoms with E-state index in [0.717, 1.165) is 6.42 Å². The van der Waals surface area contributed by atoms with E-state index in [-0.39, 0.29) is 10.8 Å².